The van der Waals surface area contributed by atoms with Gasteiger partial charge in [-0.2, -0.15) is 0 Å². The summed E-state index contributed by atoms with van der Waals surface area (Å²) in [7, 11) is 0. The zero-order chi connectivity index (χ0) is 12.0. The Morgan fingerprint density at radius 1 is 1.44 bits per heavy atom. The minimum atomic E-state index is -2.75. The Hall–Kier alpha value is -1.63. The monoisotopic (exact) mass is 229 g/mol. The van der Waals surface area contributed by atoms with Crippen molar-refractivity contribution >= 4 is 5.69 Å². The second-order valence-electron chi connectivity index (χ2n) is 4.02. The summed E-state index contributed by atoms with van der Waals surface area (Å²) in [6, 6.07) is 2.54. The van der Waals surface area contributed by atoms with Gasteiger partial charge >= 0.3 is 0 Å². The van der Waals surface area contributed by atoms with E-state index in [1.54, 1.807) is 0 Å². The molecular weight excluding hydrogens is 220 g/mol. The molecule has 1 aliphatic carbocycles. The summed E-state index contributed by atoms with van der Waals surface area (Å²) in [5.74, 6) is -2.75. The number of nitro groups is 1. The predicted molar refractivity (Wildman–Crippen MR) is 50.9 cm³/mol. The number of aromatic nitrogens is 1. The van der Waals surface area contributed by atoms with Crippen molar-refractivity contribution in [3.05, 3.63) is 34.1 Å². The number of hydrogen-bond donors (Lipinski definition) is 1. The van der Waals surface area contributed by atoms with Crippen LogP contribution in [0.15, 0.2) is 18.3 Å². The van der Waals surface area contributed by atoms with E-state index >= 15 is 0 Å². The molecule has 1 fully saturated rings. The summed E-state index contributed by atoms with van der Waals surface area (Å²) in [4.78, 5) is 13.5. The maximum Gasteiger partial charge on any atom is 0.287 e. The maximum absolute atomic E-state index is 12.7. The van der Waals surface area contributed by atoms with Crippen LogP contribution in [0.3, 0.4) is 0 Å². The van der Waals surface area contributed by atoms with Gasteiger partial charge in [-0.15, -0.1) is 0 Å². The van der Waals surface area contributed by atoms with E-state index in [4.69, 9.17) is 5.73 Å². The van der Waals surface area contributed by atoms with Crippen LogP contribution in [0.2, 0.25) is 0 Å². The van der Waals surface area contributed by atoms with E-state index < -0.39 is 29.2 Å². The zero-order valence-electron chi connectivity index (χ0n) is 8.19. The molecule has 86 valence electrons. The van der Waals surface area contributed by atoms with Crippen molar-refractivity contribution in [2.24, 2.45) is 5.73 Å². The van der Waals surface area contributed by atoms with Gasteiger partial charge in [0.05, 0.1) is 16.2 Å². The Bertz CT molecular complexity index is 425. The molecule has 1 aromatic heterocycles. The van der Waals surface area contributed by atoms with Crippen LogP contribution in [-0.4, -0.2) is 15.8 Å². The lowest BCUT2D eigenvalue weighted by Gasteiger charge is -2.43. The number of halogens is 2. The first-order valence-corrected chi connectivity index (χ1v) is 4.60. The molecule has 0 atom stereocenters. The molecule has 7 heteroatoms. The Morgan fingerprint density at radius 2 is 2.06 bits per heavy atom. The van der Waals surface area contributed by atoms with E-state index in [1.807, 2.05) is 0 Å². The quantitative estimate of drug-likeness (QED) is 0.616. The van der Waals surface area contributed by atoms with Crippen LogP contribution in [0.1, 0.15) is 18.5 Å². The molecule has 16 heavy (non-hydrogen) atoms. The standard InChI is InChI=1S/C9H9F2N3O2/c10-9(11)4-8(12,5-9)7-2-1-6(3-13-7)14(15)16/h1-3H,4-5,12H2. The van der Waals surface area contributed by atoms with Crippen molar-refractivity contribution in [1.82, 2.24) is 4.98 Å². The number of alkyl halides is 2. The second kappa shape index (κ2) is 3.18. The molecule has 0 radical (unpaired) electrons. The Morgan fingerprint density at radius 3 is 2.44 bits per heavy atom. The van der Waals surface area contributed by atoms with Crippen LogP contribution in [0.25, 0.3) is 0 Å². The zero-order valence-corrected chi connectivity index (χ0v) is 8.19. The molecule has 1 aromatic rings. The topological polar surface area (TPSA) is 82.0 Å². The molecule has 0 unspecified atom stereocenters. The van der Waals surface area contributed by atoms with Crippen LogP contribution in [0, 0.1) is 10.1 Å². The first kappa shape index (κ1) is 10.9. The van der Waals surface area contributed by atoms with E-state index in [2.05, 4.69) is 4.98 Å². The predicted octanol–water partition coefficient (Wildman–Crippen LogP) is 1.57. The van der Waals surface area contributed by atoms with Gasteiger partial charge in [0, 0.05) is 18.9 Å². The van der Waals surface area contributed by atoms with Gasteiger partial charge in [0.25, 0.3) is 11.6 Å². The van der Waals surface area contributed by atoms with Crippen molar-refractivity contribution < 1.29 is 13.7 Å². The van der Waals surface area contributed by atoms with Gasteiger partial charge in [-0.3, -0.25) is 15.1 Å². The van der Waals surface area contributed by atoms with Crippen molar-refractivity contribution in [2.45, 2.75) is 24.3 Å². The minimum Gasteiger partial charge on any atom is -0.320 e. The number of rotatable bonds is 2. The van der Waals surface area contributed by atoms with E-state index in [0.717, 1.165) is 6.20 Å². The summed E-state index contributed by atoms with van der Waals surface area (Å²) in [5.41, 5.74) is 4.65. The average molecular weight is 229 g/mol. The Balaban J connectivity index is 2.20. The Kier molecular flexibility index (Phi) is 2.16. The summed E-state index contributed by atoms with van der Waals surface area (Å²) in [5, 5.41) is 10.4. The average Bonchev–Trinajstić information content (AvgIpc) is 2.14. The van der Waals surface area contributed by atoms with Crippen LogP contribution >= 0.6 is 0 Å². The summed E-state index contributed by atoms with van der Waals surface area (Å²) >= 11 is 0. The molecule has 0 saturated heterocycles. The third kappa shape index (κ3) is 1.73. The van der Waals surface area contributed by atoms with Crippen LogP contribution < -0.4 is 5.73 Å². The summed E-state index contributed by atoms with van der Waals surface area (Å²) in [6.07, 6.45) is 0.0933. The van der Waals surface area contributed by atoms with E-state index in [0.29, 0.717) is 0 Å². The fourth-order valence-corrected chi connectivity index (χ4v) is 1.84. The molecule has 1 aliphatic rings. The maximum atomic E-state index is 12.7. The molecule has 1 heterocycles. The highest BCUT2D eigenvalue weighted by molar-refractivity contribution is 5.31. The van der Waals surface area contributed by atoms with Gasteiger partial charge in [-0.1, -0.05) is 0 Å². The third-order valence-corrected chi connectivity index (χ3v) is 2.62. The van der Waals surface area contributed by atoms with Gasteiger partial charge < -0.3 is 5.73 Å². The molecule has 2 N–H and O–H groups in total. The smallest absolute Gasteiger partial charge is 0.287 e. The SMILES string of the molecule is NC1(c2ccc([N+](=O)[O-])cn2)CC(F)(F)C1. The summed E-state index contributed by atoms with van der Waals surface area (Å²) < 4.78 is 25.4. The van der Waals surface area contributed by atoms with E-state index in [-0.39, 0.29) is 11.4 Å². The molecule has 1 saturated carbocycles. The Labute approximate surface area is 89.4 Å². The van der Waals surface area contributed by atoms with Gasteiger partial charge in [-0.05, 0) is 6.07 Å². The highest BCUT2D eigenvalue weighted by atomic mass is 19.3. The second-order valence-corrected chi connectivity index (χ2v) is 4.02. The highest BCUT2D eigenvalue weighted by Gasteiger charge is 2.56. The van der Waals surface area contributed by atoms with Crippen LogP contribution in [-0.2, 0) is 5.54 Å². The van der Waals surface area contributed by atoms with Crippen LogP contribution in [0.4, 0.5) is 14.5 Å². The summed E-state index contributed by atoms with van der Waals surface area (Å²) in [6.45, 7) is 0. The fraction of sp³-hybridized carbons (Fsp3) is 0.444. The first-order chi connectivity index (χ1) is 7.32. The van der Waals surface area contributed by atoms with E-state index in [9.17, 15) is 18.9 Å². The lowest BCUT2D eigenvalue weighted by Crippen LogP contribution is -2.55. The largest absolute Gasteiger partial charge is 0.320 e. The highest BCUT2D eigenvalue weighted by Crippen LogP contribution is 2.49. The van der Waals surface area contributed by atoms with Gasteiger partial charge in [0.1, 0.15) is 6.20 Å². The number of hydrogen-bond acceptors (Lipinski definition) is 4. The number of pyridine rings is 1. The fourth-order valence-electron chi connectivity index (χ4n) is 1.84. The van der Waals surface area contributed by atoms with Crippen molar-refractivity contribution in [2.75, 3.05) is 0 Å². The number of nitrogens with zero attached hydrogens (tertiary/aromatic N) is 2. The molecule has 0 aromatic carbocycles. The molecule has 0 spiro atoms. The van der Waals surface area contributed by atoms with Crippen LogP contribution in [0.5, 0.6) is 0 Å². The van der Waals surface area contributed by atoms with Gasteiger partial charge in [0.2, 0.25) is 0 Å². The van der Waals surface area contributed by atoms with Crippen molar-refractivity contribution in [3.8, 4) is 0 Å². The van der Waals surface area contributed by atoms with Gasteiger partial charge in [-0.25, -0.2) is 8.78 Å². The van der Waals surface area contributed by atoms with Crippen molar-refractivity contribution in [3.63, 3.8) is 0 Å². The molecule has 2 rings (SSSR count). The molecule has 5 nitrogen and oxygen atoms in total. The third-order valence-electron chi connectivity index (χ3n) is 2.62. The molecule has 0 aliphatic heterocycles. The lowest BCUT2D eigenvalue weighted by atomic mass is 9.72. The molecular formula is C9H9F2N3O2. The molecule has 0 amide bonds. The van der Waals surface area contributed by atoms with Gasteiger partial charge in [0.15, 0.2) is 0 Å². The minimum absolute atomic E-state index is 0.182. The number of nitrogens with two attached hydrogens (primary N) is 1. The first-order valence-electron chi connectivity index (χ1n) is 4.60. The normalized spacial score (nSPS) is 21.2. The molecule has 0 bridgehead atoms. The van der Waals surface area contributed by atoms with E-state index in [1.165, 1.54) is 12.1 Å². The lowest BCUT2D eigenvalue weighted by molar-refractivity contribution is -0.385. The van der Waals surface area contributed by atoms with Crippen molar-refractivity contribution in [1.29, 1.82) is 0 Å².